The molecule has 158 valence electrons. The van der Waals surface area contributed by atoms with Crippen molar-refractivity contribution in [1.82, 2.24) is 4.57 Å². The first-order valence-electron chi connectivity index (χ1n) is 10.5. The Labute approximate surface area is 169 Å². The summed E-state index contributed by atoms with van der Waals surface area (Å²) < 4.78 is 17.2. The number of rotatable bonds is 7. The molecule has 1 aliphatic heterocycles. The Morgan fingerprint density at radius 3 is 2.28 bits per heavy atom. The molecule has 2 atom stereocenters. The van der Waals surface area contributed by atoms with Crippen molar-refractivity contribution in [2.75, 3.05) is 31.2 Å². The number of benzene rings is 1. The SMILES string of the molecule is Cc1c(N2C[C@@H](CCO)[C@@H](CCO)C2)c(F)cc2c(CN)cc(=O)n(C3CC3)c12. The highest BCUT2D eigenvalue weighted by Gasteiger charge is 2.35. The highest BCUT2D eigenvalue weighted by atomic mass is 19.1. The van der Waals surface area contributed by atoms with Crippen LogP contribution in [0.3, 0.4) is 0 Å². The molecule has 0 radical (unpaired) electrons. The molecule has 4 N–H and O–H groups in total. The molecule has 1 saturated heterocycles. The van der Waals surface area contributed by atoms with Crippen molar-refractivity contribution in [2.24, 2.45) is 17.6 Å². The summed E-state index contributed by atoms with van der Waals surface area (Å²) in [5.41, 5.74) is 8.56. The number of aromatic nitrogens is 1. The minimum atomic E-state index is -0.307. The number of anilines is 1. The molecule has 7 heteroatoms. The van der Waals surface area contributed by atoms with Gasteiger partial charge in [-0.2, -0.15) is 0 Å². The second kappa shape index (κ2) is 8.05. The van der Waals surface area contributed by atoms with Crippen molar-refractivity contribution in [3.63, 3.8) is 0 Å². The lowest BCUT2D eigenvalue weighted by Gasteiger charge is -2.25. The van der Waals surface area contributed by atoms with E-state index >= 15 is 4.39 Å². The van der Waals surface area contributed by atoms with Gasteiger partial charge in [-0.25, -0.2) is 4.39 Å². The lowest BCUT2D eigenvalue weighted by atomic mass is 9.91. The largest absolute Gasteiger partial charge is 0.396 e. The highest BCUT2D eigenvalue weighted by Crippen LogP contribution is 2.41. The summed E-state index contributed by atoms with van der Waals surface area (Å²) in [6, 6.07) is 3.25. The molecule has 6 nitrogen and oxygen atoms in total. The number of hydrogen-bond donors (Lipinski definition) is 3. The Kier molecular flexibility index (Phi) is 5.64. The zero-order chi connectivity index (χ0) is 20.7. The summed E-state index contributed by atoms with van der Waals surface area (Å²) in [6.45, 7) is 3.52. The minimum Gasteiger partial charge on any atom is -0.396 e. The van der Waals surface area contributed by atoms with E-state index in [2.05, 4.69) is 0 Å². The van der Waals surface area contributed by atoms with Crippen LogP contribution in [0.4, 0.5) is 10.1 Å². The number of aryl methyl sites for hydroxylation is 1. The average molecular weight is 403 g/mol. The maximum Gasteiger partial charge on any atom is 0.251 e. The molecule has 2 fully saturated rings. The summed E-state index contributed by atoms with van der Waals surface area (Å²) in [7, 11) is 0. The standard InChI is InChI=1S/C22H30FN3O3/c1-13-21-18(16(10-24)8-20(29)26(21)17-2-3-17)9-19(23)22(13)25-11-14(4-6-27)15(12-25)5-7-28/h8-9,14-15,17,27-28H,2-7,10-12,24H2,1H3/t14-,15+. The van der Waals surface area contributed by atoms with Gasteiger partial charge in [0.1, 0.15) is 5.82 Å². The summed E-state index contributed by atoms with van der Waals surface area (Å²) in [5.74, 6) is 0.114. The Morgan fingerprint density at radius 2 is 1.76 bits per heavy atom. The zero-order valence-electron chi connectivity index (χ0n) is 16.9. The van der Waals surface area contributed by atoms with E-state index in [0.717, 1.165) is 29.3 Å². The van der Waals surface area contributed by atoms with Gasteiger partial charge >= 0.3 is 0 Å². The van der Waals surface area contributed by atoms with Gasteiger partial charge in [-0.1, -0.05) is 0 Å². The van der Waals surface area contributed by atoms with Crippen LogP contribution in [0.5, 0.6) is 0 Å². The predicted molar refractivity (Wildman–Crippen MR) is 112 cm³/mol. The van der Waals surface area contributed by atoms with E-state index in [4.69, 9.17) is 5.73 Å². The third kappa shape index (κ3) is 3.56. The number of nitrogens with zero attached hydrogens (tertiary/aromatic N) is 2. The zero-order valence-corrected chi connectivity index (χ0v) is 16.9. The molecule has 1 saturated carbocycles. The van der Waals surface area contributed by atoms with Crippen molar-refractivity contribution in [2.45, 2.75) is 45.2 Å². The molecule has 0 unspecified atom stereocenters. The van der Waals surface area contributed by atoms with Crippen LogP contribution in [0.2, 0.25) is 0 Å². The van der Waals surface area contributed by atoms with Crippen LogP contribution in [0, 0.1) is 24.6 Å². The van der Waals surface area contributed by atoms with Crippen LogP contribution in [0.1, 0.15) is 42.9 Å². The molecular formula is C22H30FN3O3. The predicted octanol–water partition coefficient (Wildman–Crippen LogP) is 2.06. The van der Waals surface area contributed by atoms with Gasteiger partial charge in [0.15, 0.2) is 0 Å². The van der Waals surface area contributed by atoms with Gasteiger partial charge in [0.2, 0.25) is 0 Å². The Hall–Kier alpha value is -1.96. The third-order valence-corrected chi connectivity index (χ3v) is 6.61. The Balaban J connectivity index is 1.86. The maximum absolute atomic E-state index is 15.4. The maximum atomic E-state index is 15.4. The first-order chi connectivity index (χ1) is 14.0. The molecule has 0 bridgehead atoms. The summed E-state index contributed by atoms with van der Waals surface area (Å²) in [6.07, 6.45) is 3.20. The van der Waals surface area contributed by atoms with Crippen molar-refractivity contribution >= 4 is 16.6 Å². The smallest absolute Gasteiger partial charge is 0.251 e. The van der Waals surface area contributed by atoms with Gasteiger partial charge < -0.3 is 25.4 Å². The number of aliphatic hydroxyl groups excluding tert-OH is 2. The van der Waals surface area contributed by atoms with E-state index in [-0.39, 0.29) is 49.0 Å². The van der Waals surface area contributed by atoms with Crippen molar-refractivity contribution < 1.29 is 14.6 Å². The molecule has 0 amide bonds. The van der Waals surface area contributed by atoms with Gasteiger partial charge in [-0.3, -0.25) is 4.79 Å². The Morgan fingerprint density at radius 1 is 1.14 bits per heavy atom. The van der Waals surface area contributed by atoms with E-state index in [1.165, 1.54) is 6.07 Å². The van der Waals surface area contributed by atoms with E-state index in [0.29, 0.717) is 37.2 Å². The molecule has 1 aliphatic carbocycles. The molecule has 2 aromatic rings. The van der Waals surface area contributed by atoms with Crippen LogP contribution >= 0.6 is 0 Å². The third-order valence-electron chi connectivity index (χ3n) is 6.61. The summed E-state index contributed by atoms with van der Waals surface area (Å²) in [5, 5.41) is 19.5. The number of aliphatic hydroxyl groups is 2. The van der Waals surface area contributed by atoms with Crippen LogP contribution in [-0.2, 0) is 6.54 Å². The lowest BCUT2D eigenvalue weighted by Crippen LogP contribution is -2.25. The molecule has 2 aliphatic rings. The number of nitrogens with two attached hydrogens (primary N) is 1. The van der Waals surface area contributed by atoms with Gasteiger partial charge in [-0.15, -0.1) is 0 Å². The topological polar surface area (TPSA) is 91.7 Å². The second-order valence-electron chi connectivity index (χ2n) is 8.49. The first kappa shape index (κ1) is 20.3. The molecule has 4 rings (SSSR count). The van der Waals surface area contributed by atoms with E-state index in [1.807, 2.05) is 16.4 Å². The normalized spacial score (nSPS) is 22.0. The summed E-state index contributed by atoms with van der Waals surface area (Å²) >= 11 is 0. The fourth-order valence-corrected chi connectivity index (χ4v) is 5.08. The number of fused-ring (bicyclic) bond motifs is 1. The van der Waals surface area contributed by atoms with E-state index in [9.17, 15) is 15.0 Å². The number of halogens is 1. The van der Waals surface area contributed by atoms with Crippen LogP contribution in [0.25, 0.3) is 10.9 Å². The van der Waals surface area contributed by atoms with Gasteiger partial charge in [0, 0.05) is 50.3 Å². The highest BCUT2D eigenvalue weighted by molar-refractivity contribution is 5.90. The van der Waals surface area contributed by atoms with Crippen LogP contribution in [-0.4, -0.2) is 41.1 Å². The minimum absolute atomic E-state index is 0.0705. The van der Waals surface area contributed by atoms with Crippen molar-refractivity contribution in [3.05, 3.63) is 39.4 Å². The fourth-order valence-electron chi connectivity index (χ4n) is 5.08. The first-order valence-corrected chi connectivity index (χ1v) is 10.5. The second-order valence-corrected chi connectivity index (χ2v) is 8.49. The van der Waals surface area contributed by atoms with E-state index in [1.54, 1.807) is 6.07 Å². The number of hydrogen-bond acceptors (Lipinski definition) is 5. The average Bonchev–Trinajstić information content (AvgIpc) is 3.45. The van der Waals surface area contributed by atoms with Crippen LogP contribution in [0.15, 0.2) is 16.9 Å². The van der Waals surface area contributed by atoms with Gasteiger partial charge in [0.25, 0.3) is 5.56 Å². The monoisotopic (exact) mass is 403 g/mol. The fraction of sp³-hybridized carbons (Fsp3) is 0.591. The van der Waals surface area contributed by atoms with Crippen molar-refractivity contribution in [1.29, 1.82) is 0 Å². The molecule has 0 spiro atoms. The molecule has 1 aromatic carbocycles. The van der Waals surface area contributed by atoms with E-state index < -0.39 is 0 Å². The molecule has 29 heavy (non-hydrogen) atoms. The Bertz CT molecular complexity index is 956. The quantitative estimate of drug-likeness (QED) is 0.658. The molecule has 2 heterocycles. The number of pyridine rings is 1. The van der Waals surface area contributed by atoms with Gasteiger partial charge in [0.05, 0.1) is 11.2 Å². The van der Waals surface area contributed by atoms with Crippen molar-refractivity contribution in [3.8, 4) is 0 Å². The molecule has 1 aromatic heterocycles. The molecular weight excluding hydrogens is 373 g/mol. The van der Waals surface area contributed by atoms with Gasteiger partial charge in [-0.05, 0) is 61.6 Å². The lowest BCUT2D eigenvalue weighted by molar-refractivity contribution is 0.210. The van der Waals surface area contributed by atoms with Crippen LogP contribution < -0.4 is 16.2 Å². The summed E-state index contributed by atoms with van der Waals surface area (Å²) in [4.78, 5) is 14.8.